The maximum Gasteiger partial charge on any atom is 0.261 e. The normalized spacial score (nSPS) is 14.3. The number of nitrogens with one attached hydrogen (secondary N) is 1. The lowest BCUT2D eigenvalue weighted by Crippen LogP contribution is -2.35. The minimum Gasteiger partial charge on any atom is -0.324 e. The van der Waals surface area contributed by atoms with E-state index >= 15 is 0 Å². The Kier molecular flexibility index (Phi) is 5.31. The van der Waals surface area contributed by atoms with Crippen LogP contribution in [0.5, 0.6) is 0 Å². The van der Waals surface area contributed by atoms with Crippen LogP contribution in [0, 0.1) is 11.8 Å². The van der Waals surface area contributed by atoms with Crippen LogP contribution < -0.4 is 5.32 Å². The number of amides is 3. The van der Waals surface area contributed by atoms with Crippen LogP contribution in [0.2, 0.25) is 0 Å². The van der Waals surface area contributed by atoms with E-state index in [4.69, 9.17) is 0 Å². The molecule has 0 aliphatic carbocycles. The first-order chi connectivity index (χ1) is 14.5. The molecule has 0 fully saturated rings. The number of nitrogens with zero attached hydrogens (tertiary/aromatic N) is 2. The molecule has 3 aromatic rings. The summed E-state index contributed by atoms with van der Waals surface area (Å²) in [6, 6.07) is 16.3. The van der Waals surface area contributed by atoms with Crippen molar-refractivity contribution >= 4 is 34.3 Å². The maximum absolute atomic E-state index is 13.1. The van der Waals surface area contributed by atoms with Gasteiger partial charge in [-0.1, -0.05) is 44.2 Å². The Morgan fingerprint density at radius 3 is 2.30 bits per heavy atom. The lowest BCUT2D eigenvalue weighted by Gasteiger charge is -2.23. The van der Waals surface area contributed by atoms with Gasteiger partial charge in [0.15, 0.2) is 0 Å². The van der Waals surface area contributed by atoms with Crippen molar-refractivity contribution in [3.05, 3.63) is 71.9 Å². The molecule has 0 saturated heterocycles. The lowest BCUT2D eigenvalue weighted by molar-refractivity contribution is -0.121. The minimum atomic E-state index is -0.353. The second-order valence-electron chi connectivity index (χ2n) is 7.82. The van der Waals surface area contributed by atoms with E-state index in [1.54, 1.807) is 30.5 Å². The molecule has 152 valence electrons. The van der Waals surface area contributed by atoms with Crippen molar-refractivity contribution < 1.29 is 14.4 Å². The monoisotopic (exact) mass is 401 g/mol. The van der Waals surface area contributed by atoms with Crippen molar-refractivity contribution in [3.8, 4) is 0 Å². The second-order valence-corrected chi connectivity index (χ2v) is 7.82. The molecule has 4 rings (SSSR count). The Labute approximate surface area is 174 Å². The van der Waals surface area contributed by atoms with Crippen molar-refractivity contribution in [1.82, 2.24) is 9.88 Å². The van der Waals surface area contributed by atoms with Crippen molar-refractivity contribution in [3.63, 3.8) is 0 Å². The topological polar surface area (TPSA) is 79.4 Å². The van der Waals surface area contributed by atoms with E-state index in [1.807, 2.05) is 44.2 Å². The number of rotatable bonds is 6. The van der Waals surface area contributed by atoms with Crippen LogP contribution in [0.4, 0.5) is 5.69 Å². The number of anilines is 1. The van der Waals surface area contributed by atoms with E-state index in [2.05, 4.69) is 10.3 Å². The van der Waals surface area contributed by atoms with E-state index in [-0.39, 0.29) is 36.1 Å². The molecule has 30 heavy (non-hydrogen) atoms. The molecule has 1 N–H and O–H groups in total. The zero-order chi connectivity index (χ0) is 21.3. The predicted octanol–water partition coefficient (Wildman–Crippen LogP) is 4.13. The third kappa shape index (κ3) is 3.56. The van der Waals surface area contributed by atoms with Crippen molar-refractivity contribution in [2.45, 2.75) is 20.3 Å². The molecular formula is C24H23N3O3. The van der Waals surface area contributed by atoms with Crippen LogP contribution in [-0.2, 0) is 4.79 Å². The average molecular weight is 401 g/mol. The van der Waals surface area contributed by atoms with E-state index in [1.165, 1.54) is 4.90 Å². The number of hydrogen-bond donors (Lipinski definition) is 1. The Morgan fingerprint density at radius 2 is 1.63 bits per heavy atom. The first kappa shape index (κ1) is 19.8. The van der Waals surface area contributed by atoms with Gasteiger partial charge in [0.05, 0.1) is 22.3 Å². The zero-order valence-electron chi connectivity index (χ0n) is 17.0. The van der Waals surface area contributed by atoms with Gasteiger partial charge < -0.3 is 5.32 Å². The van der Waals surface area contributed by atoms with E-state index in [9.17, 15) is 14.4 Å². The number of aromatic nitrogens is 1. The SMILES string of the molecule is CC(C)C(CCN1C(=O)c2ccccc2C1=O)C(=O)Nc1cccc2cccnc12. The highest BCUT2D eigenvalue weighted by Gasteiger charge is 2.36. The number of pyridine rings is 1. The van der Waals surface area contributed by atoms with Gasteiger partial charge in [-0.2, -0.15) is 0 Å². The van der Waals surface area contributed by atoms with Gasteiger partial charge in [-0.3, -0.25) is 24.3 Å². The highest BCUT2D eigenvalue weighted by Crippen LogP contribution is 2.26. The van der Waals surface area contributed by atoms with Crippen LogP contribution >= 0.6 is 0 Å². The molecule has 2 heterocycles. The molecule has 1 aliphatic heterocycles. The van der Waals surface area contributed by atoms with Crippen molar-refractivity contribution in [1.29, 1.82) is 0 Å². The molecule has 6 heteroatoms. The second kappa shape index (κ2) is 8.06. The average Bonchev–Trinajstić information content (AvgIpc) is 2.99. The molecular weight excluding hydrogens is 378 g/mol. The third-order valence-corrected chi connectivity index (χ3v) is 5.57. The lowest BCUT2D eigenvalue weighted by atomic mass is 9.91. The summed E-state index contributed by atoms with van der Waals surface area (Å²) in [5, 5.41) is 3.94. The predicted molar refractivity (Wildman–Crippen MR) is 115 cm³/mol. The number of para-hydroxylation sites is 1. The summed E-state index contributed by atoms with van der Waals surface area (Å²) in [5.74, 6) is -1.04. The summed E-state index contributed by atoms with van der Waals surface area (Å²) < 4.78 is 0. The van der Waals surface area contributed by atoms with Gasteiger partial charge in [0, 0.05) is 24.0 Å². The number of hydrogen-bond acceptors (Lipinski definition) is 4. The summed E-state index contributed by atoms with van der Waals surface area (Å²) in [6.07, 6.45) is 2.09. The summed E-state index contributed by atoms with van der Waals surface area (Å²) in [7, 11) is 0. The van der Waals surface area contributed by atoms with Crippen LogP contribution in [0.25, 0.3) is 10.9 Å². The number of carbonyl (C=O) groups is 3. The molecule has 0 radical (unpaired) electrons. The standard InChI is InChI=1S/C24H23N3O3/c1-15(2)17(12-14-27-23(29)18-9-3-4-10-19(18)24(27)30)22(28)26-20-11-5-7-16-8-6-13-25-21(16)20/h3-11,13,15,17H,12,14H2,1-2H3,(H,26,28). The third-order valence-electron chi connectivity index (χ3n) is 5.57. The molecule has 0 spiro atoms. The van der Waals surface area contributed by atoms with E-state index < -0.39 is 0 Å². The van der Waals surface area contributed by atoms with Crippen LogP contribution in [-0.4, -0.2) is 34.2 Å². The number of benzene rings is 2. The van der Waals surface area contributed by atoms with Gasteiger partial charge in [-0.25, -0.2) is 0 Å². The van der Waals surface area contributed by atoms with Crippen LogP contribution in [0.1, 0.15) is 41.0 Å². The molecule has 1 aliphatic rings. The first-order valence-corrected chi connectivity index (χ1v) is 10.1. The molecule has 6 nitrogen and oxygen atoms in total. The van der Waals surface area contributed by atoms with E-state index in [0.29, 0.717) is 23.2 Å². The number of imide groups is 1. The minimum absolute atomic E-state index is 0.0446. The van der Waals surface area contributed by atoms with Crippen molar-refractivity contribution in [2.24, 2.45) is 11.8 Å². The van der Waals surface area contributed by atoms with Gasteiger partial charge in [0.2, 0.25) is 5.91 Å². The Bertz CT molecular complexity index is 1100. The smallest absolute Gasteiger partial charge is 0.261 e. The highest BCUT2D eigenvalue weighted by molar-refractivity contribution is 6.21. The van der Waals surface area contributed by atoms with Crippen molar-refractivity contribution in [2.75, 3.05) is 11.9 Å². The summed E-state index contributed by atoms with van der Waals surface area (Å²) in [6.45, 7) is 4.14. The quantitative estimate of drug-likeness (QED) is 0.630. The van der Waals surface area contributed by atoms with Gasteiger partial charge in [0.1, 0.15) is 0 Å². The van der Waals surface area contributed by atoms with Gasteiger partial charge in [-0.05, 0) is 36.6 Å². The highest BCUT2D eigenvalue weighted by atomic mass is 16.2. The fourth-order valence-electron chi connectivity index (χ4n) is 3.91. The van der Waals surface area contributed by atoms with Gasteiger partial charge in [-0.15, -0.1) is 0 Å². The Balaban J connectivity index is 1.49. The summed E-state index contributed by atoms with van der Waals surface area (Å²) in [5.41, 5.74) is 2.24. The Morgan fingerprint density at radius 1 is 0.967 bits per heavy atom. The fraction of sp³-hybridized carbons (Fsp3) is 0.250. The van der Waals surface area contributed by atoms with Crippen LogP contribution in [0.15, 0.2) is 60.8 Å². The van der Waals surface area contributed by atoms with Crippen LogP contribution in [0.3, 0.4) is 0 Å². The number of fused-ring (bicyclic) bond motifs is 2. The van der Waals surface area contributed by atoms with E-state index in [0.717, 1.165) is 10.9 Å². The molecule has 0 saturated carbocycles. The first-order valence-electron chi connectivity index (χ1n) is 10.1. The summed E-state index contributed by atoms with van der Waals surface area (Å²) >= 11 is 0. The maximum atomic E-state index is 13.1. The molecule has 0 bridgehead atoms. The number of carbonyl (C=O) groups excluding carboxylic acids is 3. The van der Waals surface area contributed by atoms with Gasteiger partial charge in [0.25, 0.3) is 11.8 Å². The fourth-order valence-corrected chi connectivity index (χ4v) is 3.91. The van der Waals surface area contributed by atoms with Gasteiger partial charge >= 0.3 is 0 Å². The largest absolute Gasteiger partial charge is 0.324 e. The molecule has 1 atom stereocenters. The Hall–Kier alpha value is -3.54. The summed E-state index contributed by atoms with van der Waals surface area (Å²) in [4.78, 5) is 43.9. The molecule has 3 amide bonds. The molecule has 1 aromatic heterocycles. The zero-order valence-corrected chi connectivity index (χ0v) is 17.0. The molecule has 1 unspecified atom stereocenters. The molecule has 2 aromatic carbocycles.